The van der Waals surface area contributed by atoms with Crippen molar-refractivity contribution in [3.05, 3.63) is 35.4 Å². The fraction of sp³-hybridized carbons (Fsp3) is 0.600. The molecule has 1 rings (SSSR count). The summed E-state index contributed by atoms with van der Waals surface area (Å²) in [7, 11) is 4.13. The van der Waals surface area contributed by atoms with Crippen molar-refractivity contribution in [1.29, 1.82) is 0 Å². The Kier molecular flexibility index (Phi) is 6.94. The van der Waals surface area contributed by atoms with Gasteiger partial charge in [-0.05, 0) is 51.5 Å². The van der Waals surface area contributed by atoms with Gasteiger partial charge in [0, 0.05) is 19.2 Å². The van der Waals surface area contributed by atoms with Crippen LogP contribution in [0.1, 0.15) is 30.0 Å². The predicted octanol–water partition coefficient (Wildman–Crippen LogP) is 1.96. The summed E-state index contributed by atoms with van der Waals surface area (Å²) in [5, 5.41) is 12.2. The Balaban J connectivity index is 2.50. The molecule has 0 aliphatic heterocycles. The second kappa shape index (κ2) is 8.25. The molecule has 1 aromatic carbocycles. The highest BCUT2D eigenvalue weighted by Crippen LogP contribution is 2.20. The lowest BCUT2D eigenvalue weighted by molar-refractivity contribution is 0.242. The van der Waals surface area contributed by atoms with Crippen LogP contribution in [0.15, 0.2) is 24.3 Å². The molecule has 0 spiro atoms. The third-order valence-corrected chi connectivity index (χ3v) is 3.41. The van der Waals surface area contributed by atoms with E-state index in [1.807, 2.05) is 7.05 Å². The molecule has 0 saturated heterocycles. The first kappa shape index (κ1) is 15.2. The van der Waals surface area contributed by atoms with E-state index in [9.17, 15) is 0 Å². The molecular formula is C15H26N2O. The van der Waals surface area contributed by atoms with Gasteiger partial charge in [0.2, 0.25) is 0 Å². The molecule has 1 atom stereocenters. The van der Waals surface area contributed by atoms with Gasteiger partial charge in [-0.3, -0.25) is 0 Å². The zero-order valence-electron chi connectivity index (χ0n) is 11.8. The fourth-order valence-electron chi connectivity index (χ4n) is 2.24. The van der Waals surface area contributed by atoms with E-state index >= 15 is 0 Å². The van der Waals surface area contributed by atoms with Crippen LogP contribution in [0.5, 0.6) is 0 Å². The molecule has 3 nitrogen and oxygen atoms in total. The van der Waals surface area contributed by atoms with Crippen LogP contribution in [0.3, 0.4) is 0 Å². The Morgan fingerprint density at radius 2 is 2.00 bits per heavy atom. The number of hydrogen-bond donors (Lipinski definition) is 2. The van der Waals surface area contributed by atoms with Crippen molar-refractivity contribution in [2.24, 2.45) is 0 Å². The van der Waals surface area contributed by atoms with Crippen LogP contribution in [0.2, 0.25) is 0 Å². The summed E-state index contributed by atoms with van der Waals surface area (Å²) < 4.78 is 0. The minimum atomic E-state index is 0.275. The minimum Gasteiger partial charge on any atom is -0.396 e. The highest BCUT2D eigenvalue weighted by Gasteiger charge is 2.11. The fourth-order valence-corrected chi connectivity index (χ4v) is 2.24. The topological polar surface area (TPSA) is 35.5 Å². The highest BCUT2D eigenvalue weighted by atomic mass is 16.3. The summed E-state index contributed by atoms with van der Waals surface area (Å²) >= 11 is 0. The van der Waals surface area contributed by atoms with E-state index in [0.717, 1.165) is 25.9 Å². The van der Waals surface area contributed by atoms with Crippen molar-refractivity contribution < 1.29 is 5.11 Å². The van der Waals surface area contributed by atoms with Gasteiger partial charge in [-0.1, -0.05) is 24.3 Å². The van der Waals surface area contributed by atoms with E-state index in [-0.39, 0.29) is 6.61 Å². The monoisotopic (exact) mass is 250 g/mol. The molecule has 18 heavy (non-hydrogen) atoms. The van der Waals surface area contributed by atoms with Crippen LogP contribution in [0.4, 0.5) is 0 Å². The van der Waals surface area contributed by atoms with E-state index in [1.54, 1.807) is 0 Å². The van der Waals surface area contributed by atoms with Gasteiger partial charge in [-0.15, -0.1) is 0 Å². The summed E-state index contributed by atoms with van der Waals surface area (Å²) in [5.74, 6) is 0. The lowest BCUT2D eigenvalue weighted by Gasteiger charge is -2.22. The van der Waals surface area contributed by atoms with Gasteiger partial charge in [0.15, 0.2) is 0 Å². The first-order chi connectivity index (χ1) is 8.69. The number of nitrogens with zero attached hydrogens (tertiary/aromatic N) is 1. The molecule has 0 aromatic heterocycles. The van der Waals surface area contributed by atoms with E-state index < -0.39 is 0 Å². The van der Waals surface area contributed by atoms with Gasteiger partial charge in [-0.25, -0.2) is 0 Å². The van der Waals surface area contributed by atoms with Gasteiger partial charge >= 0.3 is 0 Å². The molecule has 0 heterocycles. The van der Waals surface area contributed by atoms with E-state index in [1.165, 1.54) is 11.1 Å². The molecule has 0 fully saturated rings. The SMILES string of the molecule is CNC(CCN(C)CCCO)c1ccccc1C. The number of benzene rings is 1. The quantitative estimate of drug-likeness (QED) is 0.740. The predicted molar refractivity (Wildman–Crippen MR) is 76.8 cm³/mol. The Bertz CT molecular complexity index is 341. The lowest BCUT2D eigenvalue weighted by atomic mass is 9.99. The van der Waals surface area contributed by atoms with Gasteiger partial charge < -0.3 is 15.3 Å². The summed E-state index contributed by atoms with van der Waals surface area (Å²) in [5.41, 5.74) is 2.73. The molecule has 0 saturated carbocycles. The number of nitrogens with one attached hydrogen (secondary N) is 1. The van der Waals surface area contributed by atoms with Gasteiger partial charge in [-0.2, -0.15) is 0 Å². The molecule has 1 unspecified atom stereocenters. The van der Waals surface area contributed by atoms with Crippen LogP contribution in [0, 0.1) is 6.92 Å². The van der Waals surface area contributed by atoms with E-state index in [4.69, 9.17) is 5.11 Å². The van der Waals surface area contributed by atoms with Crippen molar-refractivity contribution in [3.63, 3.8) is 0 Å². The first-order valence-electron chi connectivity index (χ1n) is 6.71. The van der Waals surface area contributed by atoms with Gasteiger partial charge in [0.25, 0.3) is 0 Å². The number of aliphatic hydroxyl groups excluding tert-OH is 1. The van der Waals surface area contributed by atoms with Crippen molar-refractivity contribution in [1.82, 2.24) is 10.2 Å². The minimum absolute atomic E-state index is 0.275. The maximum Gasteiger partial charge on any atom is 0.0443 e. The van der Waals surface area contributed by atoms with Crippen LogP contribution >= 0.6 is 0 Å². The second-order valence-electron chi connectivity index (χ2n) is 4.87. The maximum atomic E-state index is 8.81. The first-order valence-corrected chi connectivity index (χ1v) is 6.71. The van der Waals surface area contributed by atoms with Crippen molar-refractivity contribution in [2.75, 3.05) is 33.8 Å². The summed E-state index contributed by atoms with van der Waals surface area (Å²) in [6.07, 6.45) is 1.94. The highest BCUT2D eigenvalue weighted by molar-refractivity contribution is 5.28. The summed E-state index contributed by atoms with van der Waals surface area (Å²) in [6, 6.07) is 8.95. The lowest BCUT2D eigenvalue weighted by Crippen LogP contribution is -2.27. The molecule has 0 amide bonds. The van der Waals surface area contributed by atoms with Gasteiger partial charge in [0.05, 0.1) is 0 Å². The average molecular weight is 250 g/mol. The molecule has 0 aliphatic rings. The Morgan fingerprint density at radius 3 is 2.61 bits per heavy atom. The van der Waals surface area contributed by atoms with E-state index in [2.05, 4.69) is 48.5 Å². The Morgan fingerprint density at radius 1 is 1.28 bits per heavy atom. The molecule has 0 bridgehead atoms. The standard InChI is InChI=1S/C15H26N2O/c1-13-7-4-5-8-14(13)15(16-2)9-11-17(3)10-6-12-18/h4-5,7-8,15-16,18H,6,9-12H2,1-3H3. The molecule has 3 heteroatoms. The average Bonchev–Trinajstić information content (AvgIpc) is 2.39. The number of aliphatic hydroxyl groups is 1. The van der Waals surface area contributed by atoms with Gasteiger partial charge in [0.1, 0.15) is 0 Å². The molecule has 2 N–H and O–H groups in total. The molecule has 1 aromatic rings. The largest absolute Gasteiger partial charge is 0.396 e. The van der Waals surface area contributed by atoms with Crippen LogP contribution in [-0.4, -0.2) is 43.8 Å². The molecular weight excluding hydrogens is 224 g/mol. The third kappa shape index (κ3) is 4.77. The molecule has 102 valence electrons. The smallest absolute Gasteiger partial charge is 0.0443 e. The number of aryl methyl sites for hydroxylation is 1. The molecule has 0 aliphatic carbocycles. The van der Waals surface area contributed by atoms with Crippen molar-refractivity contribution in [2.45, 2.75) is 25.8 Å². The normalized spacial score (nSPS) is 12.9. The van der Waals surface area contributed by atoms with Crippen LogP contribution in [-0.2, 0) is 0 Å². The number of hydrogen-bond acceptors (Lipinski definition) is 3. The van der Waals surface area contributed by atoms with Crippen LogP contribution < -0.4 is 5.32 Å². The summed E-state index contributed by atoms with van der Waals surface area (Å²) in [4.78, 5) is 2.28. The summed E-state index contributed by atoms with van der Waals surface area (Å²) in [6.45, 7) is 4.44. The number of rotatable bonds is 8. The zero-order chi connectivity index (χ0) is 13.4. The second-order valence-corrected chi connectivity index (χ2v) is 4.87. The Hall–Kier alpha value is -0.900. The molecule has 0 radical (unpaired) electrons. The maximum absolute atomic E-state index is 8.81. The van der Waals surface area contributed by atoms with E-state index in [0.29, 0.717) is 6.04 Å². The third-order valence-electron chi connectivity index (χ3n) is 3.41. The van der Waals surface area contributed by atoms with Crippen molar-refractivity contribution >= 4 is 0 Å². The van der Waals surface area contributed by atoms with Crippen molar-refractivity contribution in [3.8, 4) is 0 Å². The van der Waals surface area contributed by atoms with Crippen LogP contribution in [0.25, 0.3) is 0 Å². The Labute approximate surface area is 111 Å². The zero-order valence-corrected chi connectivity index (χ0v) is 11.8.